The van der Waals surface area contributed by atoms with Crippen molar-refractivity contribution in [2.45, 2.75) is 45.4 Å². The van der Waals surface area contributed by atoms with Crippen molar-refractivity contribution in [1.29, 1.82) is 0 Å². The van der Waals surface area contributed by atoms with Gasteiger partial charge in [-0.2, -0.15) is 0 Å². The highest BCUT2D eigenvalue weighted by Crippen LogP contribution is 2.36. The molecule has 0 bridgehead atoms. The van der Waals surface area contributed by atoms with Crippen molar-refractivity contribution in [3.8, 4) is 0 Å². The number of aromatic nitrogens is 1. The molecule has 0 aromatic carbocycles. The van der Waals surface area contributed by atoms with Crippen LogP contribution in [0.4, 0.5) is 0 Å². The van der Waals surface area contributed by atoms with Crippen LogP contribution in [0.5, 0.6) is 0 Å². The van der Waals surface area contributed by atoms with E-state index >= 15 is 0 Å². The molecule has 1 saturated carbocycles. The van der Waals surface area contributed by atoms with Gasteiger partial charge in [-0.25, -0.2) is 0 Å². The first-order valence-electron chi connectivity index (χ1n) is 5.33. The summed E-state index contributed by atoms with van der Waals surface area (Å²) in [5, 5.41) is 0. The van der Waals surface area contributed by atoms with Gasteiger partial charge in [-0.3, -0.25) is 0 Å². The van der Waals surface area contributed by atoms with Gasteiger partial charge in [-0.15, -0.1) is 0 Å². The van der Waals surface area contributed by atoms with Crippen molar-refractivity contribution in [2.24, 2.45) is 7.05 Å². The van der Waals surface area contributed by atoms with Crippen molar-refractivity contribution < 1.29 is 0 Å². The van der Waals surface area contributed by atoms with Crippen LogP contribution in [0.15, 0.2) is 6.07 Å². The van der Waals surface area contributed by atoms with Crippen LogP contribution < -0.4 is 0 Å². The standard InChI is InChI=1S/C12H19N/c1-9-8-12(10(2)13(9)3)11-6-4-5-7-11/h8,11H,4-7H2,1-3H3. The number of hydrogen-bond donors (Lipinski definition) is 0. The maximum Gasteiger partial charge on any atom is 0.0178 e. The summed E-state index contributed by atoms with van der Waals surface area (Å²) < 4.78 is 2.31. The first-order valence-corrected chi connectivity index (χ1v) is 5.33. The highest BCUT2D eigenvalue weighted by atomic mass is 14.9. The molecule has 0 atom stereocenters. The molecule has 0 radical (unpaired) electrons. The van der Waals surface area contributed by atoms with Crippen LogP contribution in [0.3, 0.4) is 0 Å². The summed E-state index contributed by atoms with van der Waals surface area (Å²) in [5.41, 5.74) is 4.49. The second kappa shape index (κ2) is 3.21. The predicted molar refractivity (Wildman–Crippen MR) is 56.1 cm³/mol. The summed E-state index contributed by atoms with van der Waals surface area (Å²) >= 11 is 0. The second-order valence-corrected chi connectivity index (χ2v) is 4.37. The highest BCUT2D eigenvalue weighted by Gasteiger charge is 2.20. The maximum absolute atomic E-state index is 2.38. The molecule has 0 N–H and O–H groups in total. The molecule has 0 amide bonds. The quantitative estimate of drug-likeness (QED) is 0.620. The predicted octanol–water partition coefficient (Wildman–Crippen LogP) is 3.30. The Morgan fingerprint density at radius 2 is 1.85 bits per heavy atom. The smallest absolute Gasteiger partial charge is 0.0178 e. The zero-order valence-corrected chi connectivity index (χ0v) is 8.93. The molecule has 1 aliphatic rings. The van der Waals surface area contributed by atoms with Gasteiger partial charge in [0.2, 0.25) is 0 Å². The lowest BCUT2D eigenvalue weighted by molar-refractivity contribution is 0.709. The average molecular weight is 177 g/mol. The van der Waals surface area contributed by atoms with Crippen LogP contribution >= 0.6 is 0 Å². The van der Waals surface area contributed by atoms with Gasteiger partial charge in [0.1, 0.15) is 0 Å². The van der Waals surface area contributed by atoms with Crippen LogP contribution in [0.1, 0.15) is 48.6 Å². The fraction of sp³-hybridized carbons (Fsp3) is 0.667. The SMILES string of the molecule is Cc1cc(C2CCCC2)c(C)n1C. The van der Waals surface area contributed by atoms with Crippen molar-refractivity contribution in [2.75, 3.05) is 0 Å². The number of hydrogen-bond acceptors (Lipinski definition) is 0. The highest BCUT2D eigenvalue weighted by molar-refractivity contribution is 5.30. The Morgan fingerprint density at radius 1 is 1.23 bits per heavy atom. The Bertz CT molecular complexity index is 303. The molecule has 0 aliphatic heterocycles. The van der Waals surface area contributed by atoms with Crippen LogP contribution in [0, 0.1) is 13.8 Å². The molecule has 1 aliphatic carbocycles. The van der Waals surface area contributed by atoms with Crippen LogP contribution in [-0.4, -0.2) is 4.57 Å². The molecule has 13 heavy (non-hydrogen) atoms. The number of aryl methyl sites for hydroxylation is 1. The second-order valence-electron chi connectivity index (χ2n) is 4.37. The first-order chi connectivity index (χ1) is 6.20. The van der Waals surface area contributed by atoms with Gasteiger partial charge < -0.3 is 4.57 Å². The summed E-state index contributed by atoms with van der Waals surface area (Å²) in [6.45, 7) is 4.45. The molecule has 2 rings (SSSR count). The summed E-state index contributed by atoms with van der Waals surface area (Å²) in [5.74, 6) is 0.861. The molecule has 1 nitrogen and oxygen atoms in total. The Kier molecular flexibility index (Phi) is 2.19. The number of nitrogens with zero attached hydrogens (tertiary/aromatic N) is 1. The van der Waals surface area contributed by atoms with Gasteiger partial charge >= 0.3 is 0 Å². The molecule has 0 saturated heterocycles. The van der Waals surface area contributed by atoms with E-state index in [0.717, 1.165) is 5.92 Å². The Balaban J connectivity index is 2.34. The van der Waals surface area contributed by atoms with Gasteiger partial charge in [-0.1, -0.05) is 12.8 Å². The fourth-order valence-corrected chi connectivity index (χ4v) is 2.53. The van der Waals surface area contributed by atoms with Crippen molar-refractivity contribution in [3.05, 3.63) is 23.0 Å². The van der Waals surface area contributed by atoms with E-state index in [1.165, 1.54) is 37.1 Å². The van der Waals surface area contributed by atoms with Crippen molar-refractivity contribution in [3.63, 3.8) is 0 Å². The van der Waals surface area contributed by atoms with Crippen LogP contribution in [-0.2, 0) is 7.05 Å². The van der Waals surface area contributed by atoms with E-state index in [-0.39, 0.29) is 0 Å². The van der Waals surface area contributed by atoms with Gasteiger partial charge in [0.25, 0.3) is 0 Å². The fourth-order valence-electron chi connectivity index (χ4n) is 2.53. The molecule has 1 aromatic rings. The lowest BCUT2D eigenvalue weighted by Gasteiger charge is -2.08. The van der Waals surface area contributed by atoms with E-state index in [0.29, 0.717) is 0 Å². The van der Waals surface area contributed by atoms with Crippen LogP contribution in [0.25, 0.3) is 0 Å². The minimum Gasteiger partial charge on any atom is -0.352 e. The summed E-state index contributed by atoms with van der Waals surface area (Å²) in [6, 6.07) is 2.38. The normalized spacial score (nSPS) is 18.4. The minimum atomic E-state index is 0.861. The molecular formula is C12H19N. The number of rotatable bonds is 1. The van der Waals surface area contributed by atoms with E-state index in [1.807, 2.05) is 0 Å². The summed E-state index contributed by atoms with van der Waals surface area (Å²) in [4.78, 5) is 0. The first kappa shape index (κ1) is 8.86. The van der Waals surface area contributed by atoms with Crippen LogP contribution in [0.2, 0.25) is 0 Å². The van der Waals surface area contributed by atoms with Gasteiger partial charge in [0, 0.05) is 18.4 Å². The Labute approximate surface area is 80.8 Å². The summed E-state index contributed by atoms with van der Waals surface area (Å²) in [6.07, 6.45) is 5.67. The van der Waals surface area contributed by atoms with Gasteiger partial charge in [0.05, 0.1) is 0 Å². The van der Waals surface area contributed by atoms with Crippen molar-refractivity contribution in [1.82, 2.24) is 4.57 Å². The Morgan fingerprint density at radius 3 is 2.31 bits per heavy atom. The van der Waals surface area contributed by atoms with Gasteiger partial charge in [-0.05, 0) is 44.2 Å². The average Bonchev–Trinajstić information content (AvgIpc) is 2.70. The molecule has 1 heteroatoms. The molecule has 0 unspecified atom stereocenters. The molecule has 1 fully saturated rings. The largest absolute Gasteiger partial charge is 0.352 e. The van der Waals surface area contributed by atoms with E-state index in [1.54, 1.807) is 5.56 Å². The van der Waals surface area contributed by atoms with Gasteiger partial charge in [0.15, 0.2) is 0 Å². The Hall–Kier alpha value is -0.720. The monoisotopic (exact) mass is 177 g/mol. The topological polar surface area (TPSA) is 4.93 Å². The molecule has 1 heterocycles. The maximum atomic E-state index is 2.38. The van der Waals surface area contributed by atoms with Crippen molar-refractivity contribution >= 4 is 0 Å². The zero-order chi connectivity index (χ0) is 9.42. The third-order valence-electron chi connectivity index (χ3n) is 3.61. The summed E-state index contributed by atoms with van der Waals surface area (Å²) in [7, 11) is 2.17. The van der Waals surface area contributed by atoms with E-state index < -0.39 is 0 Å². The molecule has 72 valence electrons. The molecule has 1 aromatic heterocycles. The third kappa shape index (κ3) is 1.41. The zero-order valence-electron chi connectivity index (χ0n) is 8.93. The third-order valence-corrected chi connectivity index (χ3v) is 3.61. The van der Waals surface area contributed by atoms with E-state index in [2.05, 4.69) is 31.5 Å². The molecular weight excluding hydrogens is 158 g/mol. The minimum absolute atomic E-state index is 0.861. The lowest BCUT2D eigenvalue weighted by atomic mass is 9.98. The van der Waals surface area contributed by atoms with E-state index in [9.17, 15) is 0 Å². The molecule has 0 spiro atoms. The lowest BCUT2D eigenvalue weighted by Crippen LogP contribution is -1.97. The van der Waals surface area contributed by atoms with E-state index in [4.69, 9.17) is 0 Å².